The first-order chi connectivity index (χ1) is 14.5. The van der Waals surface area contributed by atoms with Gasteiger partial charge in [0.25, 0.3) is 11.8 Å². The number of nitrogens with one attached hydrogen (secondary N) is 2. The van der Waals surface area contributed by atoms with E-state index in [0.717, 1.165) is 0 Å². The van der Waals surface area contributed by atoms with Gasteiger partial charge in [-0.1, -0.05) is 48.0 Å². The molecule has 0 atom stereocenters. The van der Waals surface area contributed by atoms with E-state index in [1.807, 2.05) is 0 Å². The van der Waals surface area contributed by atoms with Crippen molar-refractivity contribution < 1.29 is 14.0 Å². The van der Waals surface area contributed by atoms with Crippen molar-refractivity contribution in [1.29, 1.82) is 0 Å². The van der Waals surface area contributed by atoms with Gasteiger partial charge < -0.3 is 15.1 Å². The van der Waals surface area contributed by atoms with Gasteiger partial charge in [0.1, 0.15) is 11.1 Å². The van der Waals surface area contributed by atoms with Gasteiger partial charge in [0.2, 0.25) is 0 Å². The van der Waals surface area contributed by atoms with E-state index in [1.54, 1.807) is 72.8 Å². The standard InChI is InChI=1S/C23H15ClN2O4/c24-19-10-3-2-9-17(19)21(27)25-15-7-5-8-16(13-15)26-22(28)18-12-14-6-1-4-11-20(14)30-23(18)29/h1-13H,(H,25,27)(H,26,28). The Morgan fingerprint density at radius 1 is 0.733 bits per heavy atom. The average molecular weight is 419 g/mol. The predicted octanol–water partition coefficient (Wildman–Crippen LogP) is 4.95. The SMILES string of the molecule is O=C(Nc1cccc(NC(=O)c2cc3ccccc3oc2=O)c1)c1ccccc1Cl. The molecule has 30 heavy (non-hydrogen) atoms. The van der Waals surface area contributed by atoms with Crippen LogP contribution >= 0.6 is 11.6 Å². The van der Waals surface area contributed by atoms with Crippen molar-refractivity contribution in [3.63, 3.8) is 0 Å². The van der Waals surface area contributed by atoms with Gasteiger partial charge in [0, 0.05) is 16.8 Å². The van der Waals surface area contributed by atoms with Gasteiger partial charge in [-0.05, 0) is 42.5 Å². The topological polar surface area (TPSA) is 88.4 Å². The summed E-state index contributed by atoms with van der Waals surface area (Å²) < 4.78 is 5.20. The summed E-state index contributed by atoms with van der Waals surface area (Å²) in [5.41, 5.74) is 0.770. The molecular formula is C23H15ClN2O4. The molecule has 3 aromatic carbocycles. The summed E-state index contributed by atoms with van der Waals surface area (Å²) in [6, 6.07) is 21.7. The third-order valence-electron chi connectivity index (χ3n) is 4.38. The van der Waals surface area contributed by atoms with Crippen LogP contribution in [0.2, 0.25) is 5.02 Å². The second-order valence-corrected chi connectivity index (χ2v) is 6.86. The molecule has 0 aliphatic rings. The molecule has 4 rings (SSSR count). The highest BCUT2D eigenvalue weighted by atomic mass is 35.5. The molecule has 0 fully saturated rings. The molecule has 7 heteroatoms. The van der Waals surface area contributed by atoms with Crippen LogP contribution < -0.4 is 16.3 Å². The summed E-state index contributed by atoms with van der Waals surface area (Å²) in [4.78, 5) is 37.2. The molecule has 1 aromatic heterocycles. The van der Waals surface area contributed by atoms with Crippen LogP contribution in [0.3, 0.4) is 0 Å². The second-order valence-electron chi connectivity index (χ2n) is 6.45. The molecule has 0 spiro atoms. The maximum Gasteiger partial charge on any atom is 0.349 e. The summed E-state index contributed by atoms with van der Waals surface area (Å²) in [6.45, 7) is 0. The second kappa shape index (κ2) is 8.23. The zero-order chi connectivity index (χ0) is 21.1. The van der Waals surface area contributed by atoms with Gasteiger partial charge in [0.05, 0.1) is 10.6 Å². The zero-order valence-electron chi connectivity index (χ0n) is 15.5. The lowest BCUT2D eigenvalue weighted by atomic mass is 10.1. The number of rotatable bonds is 4. The Balaban J connectivity index is 1.54. The molecule has 0 aliphatic carbocycles. The molecule has 6 nitrogen and oxygen atoms in total. The van der Waals surface area contributed by atoms with Crippen molar-refractivity contribution in [2.45, 2.75) is 0 Å². The van der Waals surface area contributed by atoms with Crippen LogP contribution in [-0.4, -0.2) is 11.8 Å². The maximum absolute atomic E-state index is 12.6. The molecule has 2 amide bonds. The number of hydrogen-bond acceptors (Lipinski definition) is 4. The van der Waals surface area contributed by atoms with Gasteiger partial charge in [-0.3, -0.25) is 9.59 Å². The molecule has 1 heterocycles. The lowest BCUT2D eigenvalue weighted by molar-refractivity contribution is 0.101. The van der Waals surface area contributed by atoms with Gasteiger partial charge in [0.15, 0.2) is 0 Å². The zero-order valence-corrected chi connectivity index (χ0v) is 16.3. The minimum absolute atomic E-state index is 0.112. The molecule has 2 N–H and O–H groups in total. The molecule has 0 bridgehead atoms. The van der Waals surface area contributed by atoms with Crippen LogP contribution in [-0.2, 0) is 0 Å². The highest BCUT2D eigenvalue weighted by molar-refractivity contribution is 6.34. The van der Waals surface area contributed by atoms with Crippen molar-refractivity contribution >= 4 is 45.8 Å². The predicted molar refractivity (Wildman–Crippen MR) is 116 cm³/mol. The number of anilines is 2. The molecular weight excluding hydrogens is 404 g/mol. The fourth-order valence-corrected chi connectivity index (χ4v) is 3.16. The highest BCUT2D eigenvalue weighted by Gasteiger charge is 2.15. The quantitative estimate of drug-likeness (QED) is 0.459. The van der Waals surface area contributed by atoms with Crippen molar-refractivity contribution in [1.82, 2.24) is 0 Å². The minimum Gasteiger partial charge on any atom is -0.422 e. The number of carbonyl (C=O) groups excluding carboxylic acids is 2. The van der Waals surface area contributed by atoms with Gasteiger partial charge in [-0.2, -0.15) is 0 Å². The highest BCUT2D eigenvalue weighted by Crippen LogP contribution is 2.20. The number of fused-ring (bicyclic) bond motifs is 1. The number of para-hydroxylation sites is 1. The number of hydrogen-bond donors (Lipinski definition) is 2. The Hall–Kier alpha value is -3.90. The molecule has 148 valence electrons. The minimum atomic E-state index is -0.727. The third kappa shape index (κ3) is 4.09. The monoisotopic (exact) mass is 418 g/mol. The Morgan fingerprint density at radius 2 is 1.37 bits per heavy atom. The van der Waals surface area contributed by atoms with E-state index in [1.165, 1.54) is 6.07 Å². The van der Waals surface area contributed by atoms with Crippen LogP contribution in [0.25, 0.3) is 11.0 Å². The number of benzene rings is 3. The summed E-state index contributed by atoms with van der Waals surface area (Å²) in [5.74, 6) is -0.983. The van der Waals surface area contributed by atoms with Crippen LogP contribution in [0.1, 0.15) is 20.7 Å². The molecule has 0 saturated carbocycles. The van der Waals surface area contributed by atoms with Crippen LogP contribution in [0.15, 0.2) is 88.1 Å². The summed E-state index contributed by atoms with van der Waals surface area (Å²) in [7, 11) is 0. The Morgan fingerprint density at radius 3 is 2.10 bits per heavy atom. The Bertz CT molecular complexity index is 1330. The first-order valence-corrected chi connectivity index (χ1v) is 9.39. The first kappa shape index (κ1) is 19.4. The largest absolute Gasteiger partial charge is 0.422 e. The lowest BCUT2D eigenvalue weighted by Gasteiger charge is -2.09. The van der Waals surface area contributed by atoms with E-state index >= 15 is 0 Å². The molecule has 0 saturated heterocycles. The van der Waals surface area contributed by atoms with Crippen molar-refractivity contribution in [2.75, 3.05) is 10.6 Å². The molecule has 4 aromatic rings. The summed E-state index contributed by atoms with van der Waals surface area (Å²) >= 11 is 6.05. The normalized spacial score (nSPS) is 10.6. The van der Waals surface area contributed by atoms with E-state index < -0.39 is 11.5 Å². The van der Waals surface area contributed by atoms with Crippen LogP contribution in [0.4, 0.5) is 11.4 Å². The van der Waals surface area contributed by atoms with Crippen molar-refractivity contribution in [3.8, 4) is 0 Å². The van der Waals surface area contributed by atoms with E-state index in [9.17, 15) is 14.4 Å². The van der Waals surface area contributed by atoms with E-state index in [-0.39, 0.29) is 11.5 Å². The number of carbonyl (C=O) groups is 2. The smallest absolute Gasteiger partial charge is 0.349 e. The summed E-state index contributed by atoms with van der Waals surface area (Å²) in [6.07, 6.45) is 0. The summed E-state index contributed by atoms with van der Waals surface area (Å²) in [5, 5.41) is 6.36. The van der Waals surface area contributed by atoms with E-state index in [4.69, 9.17) is 16.0 Å². The van der Waals surface area contributed by atoms with E-state index in [2.05, 4.69) is 10.6 Å². The van der Waals surface area contributed by atoms with Crippen LogP contribution in [0.5, 0.6) is 0 Å². The first-order valence-electron chi connectivity index (χ1n) is 9.01. The molecule has 0 unspecified atom stereocenters. The fourth-order valence-electron chi connectivity index (χ4n) is 2.94. The number of halogens is 1. The Kier molecular flexibility index (Phi) is 5.32. The van der Waals surface area contributed by atoms with Crippen LogP contribution in [0, 0.1) is 0 Å². The number of amides is 2. The van der Waals surface area contributed by atoms with Gasteiger partial charge in [-0.15, -0.1) is 0 Å². The van der Waals surface area contributed by atoms with Crippen molar-refractivity contribution in [3.05, 3.63) is 105 Å². The van der Waals surface area contributed by atoms with Gasteiger partial charge in [-0.25, -0.2) is 4.79 Å². The molecule has 0 radical (unpaired) electrons. The molecule has 0 aliphatic heterocycles. The Labute approximate surface area is 176 Å². The van der Waals surface area contributed by atoms with E-state index in [0.29, 0.717) is 32.9 Å². The third-order valence-corrected chi connectivity index (χ3v) is 4.71. The lowest BCUT2D eigenvalue weighted by Crippen LogP contribution is -2.20. The fraction of sp³-hybridized carbons (Fsp3) is 0. The average Bonchev–Trinajstić information content (AvgIpc) is 2.73. The van der Waals surface area contributed by atoms with Gasteiger partial charge >= 0.3 is 5.63 Å². The van der Waals surface area contributed by atoms with Crippen molar-refractivity contribution in [2.24, 2.45) is 0 Å². The maximum atomic E-state index is 12.6.